The molecule has 0 spiro atoms. The van der Waals surface area contributed by atoms with E-state index in [1.807, 2.05) is 0 Å². The molecular weight excluding hydrogens is 282 g/mol. The Balaban J connectivity index is 1.92. The fraction of sp³-hybridized carbons (Fsp3) is 0.750. The maximum Gasteiger partial charge on any atom is 0.381 e. The lowest BCUT2D eigenvalue weighted by Gasteiger charge is -2.39. The zero-order valence-electron chi connectivity index (χ0n) is 11.8. The summed E-state index contributed by atoms with van der Waals surface area (Å²) in [5, 5.41) is 21.4. The topological polar surface area (TPSA) is 109 Å². The standard InChI is InChI=1S/C12H17N3O6/c1-3-20-12(16)4-8(9-6-19-11(12)21-9)14-5-10(15(17)18)13-7(14)2/h5,8-9,11,16H,3-4,6H2,1-2H3/t8-,9+,11-,12-/m0/s1. The van der Waals surface area contributed by atoms with Crippen LogP contribution in [-0.4, -0.2) is 51.0 Å². The van der Waals surface area contributed by atoms with Crippen molar-refractivity contribution in [2.24, 2.45) is 0 Å². The second kappa shape index (κ2) is 5.02. The van der Waals surface area contributed by atoms with Gasteiger partial charge in [0.15, 0.2) is 0 Å². The molecule has 9 heteroatoms. The molecule has 1 N–H and O–H groups in total. The van der Waals surface area contributed by atoms with E-state index in [2.05, 4.69) is 4.98 Å². The molecule has 1 aromatic heterocycles. The minimum absolute atomic E-state index is 0.227. The van der Waals surface area contributed by atoms with Crippen LogP contribution in [0.5, 0.6) is 0 Å². The summed E-state index contributed by atoms with van der Waals surface area (Å²) in [5.41, 5.74) is 0. The second-order valence-corrected chi connectivity index (χ2v) is 5.20. The van der Waals surface area contributed by atoms with Crippen molar-refractivity contribution in [3.63, 3.8) is 0 Å². The maximum atomic E-state index is 10.8. The molecule has 3 heterocycles. The van der Waals surface area contributed by atoms with E-state index in [-0.39, 0.29) is 24.4 Å². The summed E-state index contributed by atoms with van der Waals surface area (Å²) in [6.45, 7) is 4.05. The van der Waals surface area contributed by atoms with Gasteiger partial charge in [-0.1, -0.05) is 0 Å². The van der Waals surface area contributed by atoms with E-state index in [9.17, 15) is 15.2 Å². The number of aliphatic hydroxyl groups is 1. The molecule has 3 rings (SSSR count). The van der Waals surface area contributed by atoms with Gasteiger partial charge in [0.25, 0.3) is 0 Å². The number of nitro groups is 1. The monoisotopic (exact) mass is 299 g/mol. The number of nitrogens with zero attached hydrogens (tertiary/aromatic N) is 3. The summed E-state index contributed by atoms with van der Waals surface area (Å²) in [6, 6.07) is -0.332. The zero-order chi connectivity index (χ0) is 15.2. The quantitative estimate of drug-likeness (QED) is 0.490. The van der Waals surface area contributed by atoms with Crippen LogP contribution in [0.3, 0.4) is 0 Å². The molecule has 0 radical (unpaired) electrons. The van der Waals surface area contributed by atoms with E-state index < -0.39 is 17.0 Å². The van der Waals surface area contributed by atoms with Crippen molar-refractivity contribution in [3.05, 3.63) is 22.1 Å². The maximum absolute atomic E-state index is 10.8. The van der Waals surface area contributed by atoms with Crippen LogP contribution in [0.2, 0.25) is 0 Å². The predicted octanol–water partition coefficient (Wildman–Crippen LogP) is 0.511. The van der Waals surface area contributed by atoms with Gasteiger partial charge in [0.05, 0.1) is 12.6 Å². The minimum Gasteiger partial charge on any atom is -0.361 e. The second-order valence-electron chi connectivity index (χ2n) is 5.20. The molecule has 2 fully saturated rings. The van der Waals surface area contributed by atoms with Gasteiger partial charge >= 0.3 is 5.82 Å². The van der Waals surface area contributed by atoms with Gasteiger partial charge in [0.1, 0.15) is 12.3 Å². The van der Waals surface area contributed by atoms with Crippen molar-refractivity contribution in [2.45, 2.75) is 44.5 Å². The molecule has 0 amide bonds. The van der Waals surface area contributed by atoms with Gasteiger partial charge in [-0.15, -0.1) is 0 Å². The van der Waals surface area contributed by atoms with E-state index in [1.54, 1.807) is 18.4 Å². The van der Waals surface area contributed by atoms with Crippen LogP contribution in [0.4, 0.5) is 5.82 Å². The number of aryl methyl sites for hydroxylation is 1. The highest BCUT2D eigenvalue weighted by atomic mass is 16.8. The number of rotatable bonds is 4. The van der Waals surface area contributed by atoms with Gasteiger partial charge in [-0.3, -0.25) is 0 Å². The van der Waals surface area contributed by atoms with Crippen molar-refractivity contribution < 1.29 is 24.2 Å². The zero-order valence-corrected chi connectivity index (χ0v) is 11.8. The highest BCUT2D eigenvalue weighted by Gasteiger charge is 2.55. The lowest BCUT2D eigenvalue weighted by molar-refractivity contribution is -0.389. The minimum atomic E-state index is -1.56. The van der Waals surface area contributed by atoms with E-state index in [0.717, 1.165) is 0 Å². The summed E-state index contributed by atoms with van der Waals surface area (Å²) in [5.74, 6) is -1.30. The van der Waals surface area contributed by atoms with Crippen molar-refractivity contribution in [1.29, 1.82) is 0 Å². The van der Waals surface area contributed by atoms with Gasteiger partial charge in [0, 0.05) is 20.0 Å². The highest BCUT2D eigenvalue weighted by molar-refractivity contribution is 5.18. The summed E-state index contributed by atoms with van der Waals surface area (Å²) in [6.07, 6.45) is 0.472. The first-order chi connectivity index (χ1) is 9.94. The average molecular weight is 299 g/mol. The summed E-state index contributed by atoms with van der Waals surface area (Å²) in [4.78, 5) is 14.2. The van der Waals surface area contributed by atoms with Crippen molar-refractivity contribution in [1.82, 2.24) is 9.55 Å². The van der Waals surface area contributed by atoms with Crippen LogP contribution < -0.4 is 0 Å². The number of hydrogen-bond acceptors (Lipinski definition) is 7. The van der Waals surface area contributed by atoms with Gasteiger partial charge in [-0.2, -0.15) is 0 Å². The molecule has 2 aliphatic heterocycles. The molecule has 9 nitrogen and oxygen atoms in total. The first-order valence-corrected chi connectivity index (χ1v) is 6.78. The SMILES string of the molecule is CCO[C@@]1(O)C[C@H](n2cc([N+](=O)[O-])nc2C)[C@H]2CO[C@H]1O2. The number of ether oxygens (including phenoxy) is 3. The van der Waals surface area contributed by atoms with Crippen LogP contribution in [0.1, 0.15) is 25.2 Å². The fourth-order valence-electron chi connectivity index (χ4n) is 2.93. The number of hydrogen-bond donors (Lipinski definition) is 1. The molecule has 2 bridgehead atoms. The van der Waals surface area contributed by atoms with E-state index in [1.165, 1.54) is 6.20 Å². The van der Waals surface area contributed by atoms with Crippen LogP contribution in [0.25, 0.3) is 0 Å². The van der Waals surface area contributed by atoms with Crippen LogP contribution in [-0.2, 0) is 14.2 Å². The smallest absolute Gasteiger partial charge is 0.361 e. The van der Waals surface area contributed by atoms with Gasteiger partial charge < -0.3 is 34.0 Å². The van der Waals surface area contributed by atoms with Gasteiger partial charge in [-0.25, -0.2) is 0 Å². The lowest BCUT2D eigenvalue weighted by atomic mass is 9.98. The molecule has 2 aliphatic rings. The van der Waals surface area contributed by atoms with Crippen LogP contribution in [0.15, 0.2) is 6.20 Å². The Morgan fingerprint density at radius 3 is 3.10 bits per heavy atom. The molecule has 0 aliphatic carbocycles. The molecule has 1 aromatic rings. The highest BCUT2D eigenvalue weighted by Crippen LogP contribution is 2.42. The van der Waals surface area contributed by atoms with Crippen molar-refractivity contribution >= 4 is 5.82 Å². The third kappa shape index (κ3) is 2.31. The molecule has 21 heavy (non-hydrogen) atoms. The van der Waals surface area contributed by atoms with Gasteiger partial charge in [0.2, 0.25) is 17.9 Å². The number of fused-ring (bicyclic) bond motifs is 2. The van der Waals surface area contributed by atoms with E-state index >= 15 is 0 Å². The summed E-state index contributed by atoms with van der Waals surface area (Å²) < 4.78 is 18.1. The average Bonchev–Trinajstić information content (AvgIpc) is 3.01. The van der Waals surface area contributed by atoms with Crippen LogP contribution >= 0.6 is 0 Å². The molecule has 0 aromatic carbocycles. The third-order valence-corrected chi connectivity index (χ3v) is 3.85. The third-order valence-electron chi connectivity index (χ3n) is 3.85. The Bertz CT molecular complexity index is 561. The van der Waals surface area contributed by atoms with Crippen LogP contribution in [0, 0.1) is 17.0 Å². The van der Waals surface area contributed by atoms with E-state index in [4.69, 9.17) is 14.2 Å². The Kier molecular flexibility index (Phi) is 3.44. The summed E-state index contributed by atoms with van der Waals surface area (Å²) in [7, 11) is 0. The predicted molar refractivity (Wildman–Crippen MR) is 68.5 cm³/mol. The largest absolute Gasteiger partial charge is 0.381 e. The Morgan fingerprint density at radius 1 is 1.71 bits per heavy atom. The number of aromatic nitrogens is 2. The Morgan fingerprint density at radius 2 is 2.48 bits per heavy atom. The molecule has 4 atom stereocenters. The Hall–Kier alpha value is -1.55. The van der Waals surface area contributed by atoms with Crippen molar-refractivity contribution in [2.75, 3.05) is 13.2 Å². The van der Waals surface area contributed by atoms with Gasteiger partial charge in [-0.05, 0) is 16.8 Å². The van der Waals surface area contributed by atoms with Crippen molar-refractivity contribution in [3.8, 4) is 0 Å². The molecule has 2 saturated heterocycles. The summed E-state index contributed by atoms with van der Waals surface area (Å²) >= 11 is 0. The first-order valence-electron chi connectivity index (χ1n) is 6.78. The normalized spacial score (nSPS) is 35.1. The molecule has 0 unspecified atom stereocenters. The molecule has 0 saturated carbocycles. The molecular formula is C12H17N3O6. The Labute approximate surface area is 120 Å². The van der Waals surface area contributed by atoms with E-state index in [0.29, 0.717) is 19.0 Å². The lowest BCUT2D eigenvalue weighted by Crippen LogP contribution is -2.52. The first kappa shape index (κ1) is 14.4. The number of imidazole rings is 1. The fourth-order valence-corrected chi connectivity index (χ4v) is 2.93. The molecule has 116 valence electrons.